The lowest BCUT2D eigenvalue weighted by Gasteiger charge is -2.24. The van der Waals surface area contributed by atoms with E-state index in [9.17, 15) is 4.79 Å². The van der Waals surface area contributed by atoms with Crippen molar-refractivity contribution < 1.29 is 4.79 Å². The second kappa shape index (κ2) is 6.66. The Morgan fingerprint density at radius 3 is 2.94 bits per heavy atom. The number of amides is 1. The van der Waals surface area contributed by atoms with E-state index in [-0.39, 0.29) is 11.9 Å². The zero-order valence-corrected chi connectivity index (χ0v) is 11.0. The van der Waals surface area contributed by atoms with Gasteiger partial charge in [-0.1, -0.05) is 13.0 Å². The average molecular weight is 240 g/mol. The maximum absolute atomic E-state index is 11.8. The lowest BCUT2D eigenvalue weighted by molar-refractivity contribution is -0.130. The molecule has 3 nitrogen and oxygen atoms in total. The quantitative estimate of drug-likeness (QED) is 0.774. The van der Waals surface area contributed by atoms with E-state index in [0.717, 1.165) is 13.0 Å². The molecule has 0 bridgehead atoms. The van der Waals surface area contributed by atoms with Crippen molar-refractivity contribution in [3.05, 3.63) is 22.4 Å². The molecule has 1 N–H and O–H groups in total. The van der Waals surface area contributed by atoms with Crippen LogP contribution in [-0.4, -0.2) is 30.9 Å². The molecule has 1 atom stereocenters. The zero-order chi connectivity index (χ0) is 12.0. The van der Waals surface area contributed by atoms with Gasteiger partial charge >= 0.3 is 0 Å². The maximum Gasteiger partial charge on any atom is 0.236 e. The molecule has 90 valence electrons. The number of hydrogen-bond acceptors (Lipinski definition) is 3. The lowest BCUT2D eigenvalue weighted by atomic mass is 10.2. The molecular weight excluding hydrogens is 220 g/mol. The number of carbonyl (C=O) groups is 1. The molecule has 0 saturated carbocycles. The van der Waals surface area contributed by atoms with Crippen LogP contribution < -0.4 is 5.32 Å². The van der Waals surface area contributed by atoms with Gasteiger partial charge in [0.25, 0.3) is 0 Å². The van der Waals surface area contributed by atoms with Gasteiger partial charge in [-0.25, -0.2) is 0 Å². The summed E-state index contributed by atoms with van der Waals surface area (Å²) in [5, 5.41) is 5.17. The van der Waals surface area contributed by atoms with Crippen LogP contribution in [-0.2, 0) is 4.79 Å². The minimum absolute atomic E-state index is 0.148. The van der Waals surface area contributed by atoms with Gasteiger partial charge in [0.1, 0.15) is 0 Å². The van der Waals surface area contributed by atoms with Crippen LogP contribution in [0.5, 0.6) is 0 Å². The van der Waals surface area contributed by atoms with E-state index in [0.29, 0.717) is 6.54 Å². The monoisotopic (exact) mass is 240 g/mol. The topological polar surface area (TPSA) is 32.3 Å². The summed E-state index contributed by atoms with van der Waals surface area (Å²) in [5.74, 6) is 0.148. The SMILES string of the molecule is CCCNCC(=O)N(C)C(C)c1cccs1. The number of rotatable bonds is 6. The van der Waals surface area contributed by atoms with Gasteiger partial charge in [0, 0.05) is 11.9 Å². The predicted molar refractivity (Wildman–Crippen MR) is 68.7 cm³/mol. The van der Waals surface area contributed by atoms with Crippen molar-refractivity contribution in [2.45, 2.75) is 26.3 Å². The van der Waals surface area contributed by atoms with Crippen molar-refractivity contribution in [2.24, 2.45) is 0 Å². The summed E-state index contributed by atoms with van der Waals surface area (Å²) >= 11 is 1.69. The second-order valence-electron chi connectivity index (χ2n) is 3.87. The molecule has 0 saturated heterocycles. The molecule has 0 spiro atoms. The number of nitrogens with zero attached hydrogens (tertiary/aromatic N) is 1. The minimum Gasteiger partial charge on any atom is -0.337 e. The molecule has 4 heteroatoms. The molecule has 0 radical (unpaired) electrons. The van der Waals surface area contributed by atoms with E-state index in [1.54, 1.807) is 16.2 Å². The number of thiophene rings is 1. The Morgan fingerprint density at radius 2 is 2.38 bits per heavy atom. The number of nitrogens with one attached hydrogen (secondary N) is 1. The molecular formula is C12H20N2OS. The molecule has 0 aliphatic rings. The van der Waals surface area contributed by atoms with E-state index in [1.165, 1.54) is 4.88 Å². The Bertz CT molecular complexity index is 311. The van der Waals surface area contributed by atoms with Crippen LogP contribution in [0.15, 0.2) is 17.5 Å². The lowest BCUT2D eigenvalue weighted by Crippen LogP contribution is -2.37. The summed E-state index contributed by atoms with van der Waals surface area (Å²) in [6.07, 6.45) is 1.05. The predicted octanol–water partition coefficient (Wildman–Crippen LogP) is 2.27. The smallest absolute Gasteiger partial charge is 0.236 e. The molecule has 1 aromatic heterocycles. The van der Waals surface area contributed by atoms with Gasteiger partial charge in [-0.15, -0.1) is 11.3 Å². The fourth-order valence-corrected chi connectivity index (χ4v) is 2.26. The van der Waals surface area contributed by atoms with Crippen LogP contribution in [0.1, 0.15) is 31.2 Å². The van der Waals surface area contributed by atoms with E-state index < -0.39 is 0 Å². The third-order valence-corrected chi connectivity index (χ3v) is 3.67. The molecule has 1 unspecified atom stereocenters. The Hall–Kier alpha value is -0.870. The summed E-state index contributed by atoms with van der Waals surface area (Å²) in [4.78, 5) is 14.9. The Balaban J connectivity index is 2.44. The van der Waals surface area contributed by atoms with Crippen LogP contribution >= 0.6 is 11.3 Å². The Kier molecular flexibility index (Phi) is 5.49. The maximum atomic E-state index is 11.8. The fourth-order valence-electron chi connectivity index (χ4n) is 1.43. The summed E-state index contributed by atoms with van der Waals surface area (Å²) in [6.45, 7) is 5.48. The van der Waals surface area contributed by atoms with Gasteiger partial charge in [-0.2, -0.15) is 0 Å². The van der Waals surface area contributed by atoms with E-state index in [2.05, 4.69) is 25.2 Å². The van der Waals surface area contributed by atoms with Gasteiger partial charge < -0.3 is 10.2 Å². The van der Waals surface area contributed by atoms with Crippen molar-refractivity contribution in [3.8, 4) is 0 Å². The first kappa shape index (κ1) is 13.2. The van der Waals surface area contributed by atoms with Gasteiger partial charge in [-0.3, -0.25) is 4.79 Å². The van der Waals surface area contributed by atoms with Crippen molar-refractivity contribution in [1.82, 2.24) is 10.2 Å². The zero-order valence-electron chi connectivity index (χ0n) is 10.2. The normalized spacial score (nSPS) is 12.4. The number of likely N-dealkylation sites (N-methyl/N-ethyl adjacent to an activating group) is 1. The van der Waals surface area contributed by atoms with E-state index in [4.69, 9.17) is 0 Å². The molecule has 0 aliphatic carbocycles. The van der Waals surface area contributed by atoms with Crippen LogP contribution in [0.2, 0.25) is 0 Å². The Labute approximate surface area is 101 Å². The minimum atomic E-state index is 0.148. The van der Waals surface area contributed by atoms with Crippen LogP contribution in [0.3, 0.4) is 0 Å². The highest BCUT2D eigenvalue weighted by molar-refractivity contribution is 7.10. The highest BCUT2D eigenvalue weighted by Crippen LogP contribution is 2.23. The van der Waals surface area contributed by atoms with Crippen LogP contribution in [0.25, 0.3) is 0 Å². The molecule has 16 heavy (non-hydrogen) atoms. The van der Waals surface area contributed by atoms with Crippen LogP contribution in [0, 0.1) is 0 Å². The summed E-state index contributed by atoms with van der Waals surface area (Å²) < 4.78 is 0. The van der Waals surface area contributed by atoms with Gasteiger partial charge in [0.05, 0.1) is 12.6 Å². The van der Waals surface area contributed by atoms with E-state index in [1.807, 2.05) is 18.5 Å². The molecule has 0 fully saturated rings. The highest BCUT2D eigenvalue weighted by atomic mass is 32.1. The van der Waals surface area contributed by atoms with Crippen molar-refractivity contribution in [3.63, 3.8) is 0 Å². The molecule has 1 heterocycles. The van der Waals surface area contributed by atoms with Gasteiger partial charge in [0.15, 0.2) is 0 Å². The van der Waals surface area contributed by atoms with Gasteiger partial charge in [-0.05, 0) is 31.3 Å². The first-order chi connectivity index (χ1) is 7.66. The second-order valence-corrected chi connectivity index (χ2v) is 4.85. The van der Waals surface area contributed by atoms with Crippen molar-refractivity contribution >= 4 is 17.2 Å². The van der Waals surface area contributed by atoms with Crippen molar-refractivity contribution in [1.29, 1.82) is 0 Å². The summed E-state index contributed by atoms with van der Waals surface area (Å²) in [6, 6.07) is 4.25. The molecule has 1 aromatic rings. The first-order valence-corrected chi connectivity index (χ1v) is 6.54. The van der Waals surface area contributed by atoms with E-state index >= 15 is 0 Å². The third kappa shape index (κ3) is 3.61. The van der Waals surface area contributed by atoms with Crippen LogP contribution in [0.4, 0.5) is 0 Å². The fraction of sp³-hybridized carbons (Fsp3) is 0.583. The Morgan fingerprint density at radius 1 is 1.62 bits per heavy atom. The van der Waals surface area contributed by atoms with Gasteiger partial charge in [0.2, 0.25) is 5.91 Å². The largest absolute Gasteiger partial charge is 0.337 e. The molecule has 1 rings (SSSR count). The first-order valence-electron chi connectivity index (χ1n) is 5.66. The highest BCUT2D eigenvalue weighted by Gasteiger charge is 2.17. The number of hydrogen-bond donors (Lipinski definition) is 1. The molecule has 0 aromatic carbocycles. The molecule has 0 aliphatic heterocycles. The standard InChI is InChI=1S/C12H20N2OS/c1-4-7-13-9-12(15)14(3)10(2)11-6-5-8-16-11/h5-6,8,10,13H,4,7,9H2,1-3H3. The molecule has 1 amide bonds. The summed E-state index contributed by atoms with van der Waals surface area (Å²) in [7, 11) is 1.86. The third-order valence-electron chi connectivity index (χ3n) is 2.63. The average Bonchev–Trinajstić information content (AvgIpc) is 2.80. The summed E-state index contributed by atoms with van der Waals surface area (Å²) in [5.41, 5.74) is 0. The number of carbonyl (C=O) groups excluding carboxylic acids is 1. The van der Waals surface area contributed by atoms with Crippen molar-refractivity contribution in [2.75, 3.05) is 20.1 Å².